The second-order valence-corrected chi connectivity index (χ2v) is 5.31. The fraction of sp³-hybridized carbons (Fsp3) is 0.467. The number of nitrogens with two attached hydrogens (primary N) is 1. The molecule has 2 N–H and O–H groups in total. The quantitative estimate of drug-likeness (QED) is 0.880. The van der Waals surface area contributed by atoms with Crippen LogP contribution in [0.5, 0.6) is 0 Å². The molecule has 1 aromatic carbocycles. The van der Waals surface area contributed by atoms with E-state index < -0.39 is 0 Å². The van der Waals surface area contributed by atoms with Crippen LogP contribution in [0.25, 0.3) is 0 Å². The van der Waals surface area contributed by atoms with E-state index in [4.69, 9.17) is 5.73 Å². The summed E-state index contributed by atoms with van der Waals surface area (Å²) in [5, 5.41) is 9.23. The lowest BCUT2D eigenvalue weighted by molar-refractivity contribution is -0.122. The largest absolute Gasteiger partial charge is 0.369 e. The van der Waals surface area contributed by atoms with E-state index in [0.29, 0.717) is 18.2 Å². The van der Waals surface area contributed by atoms with Gasteiger partial charge in [0.2, 0.25) is 5.91 Å². The number of nitriles is 1. The van der Waals surface area contributed by atoms with Gasteiger partial charge in [-0.25, -0.2) is 0 Å². The average molecular weight is 257 g/mol. The summed E-state index contributed by atoms with van der Waals surface area (Å²) in [7, 11) is 0. The number of anilines is 1. The maximum atomic E-state index is 11.4. The zero-order valence-electron chi connectivity index (χ0n) is 11.4. The number of carbonyl (C=O) groups is 1. The summed E-state index contributed by atoms with van der Waals surface area (Å²) in [5.74, 6) is -0.369. The summed E-state index contributed by atoms with van der Waals surface area (Å²) < 4.78 is 0. The van der Waals surface area contributed by atoms with E-state index in [1.54, 1.807) is 0 Å². The Bertz CT molecular complexity index is 533. The Balaban J connectivity index is 2.36. The van der Waals surface area contributed by atoms with Gasteiger partial charge in [-0.2, -0.15) is 5.26 Å². The fourth-order valence-corrected chi connectivity index (χ4v) is 2.65. The lowest BCUT2D eigenvalue weighted by Gasteiger charge is -2.39. The molecule has 1 aliphatic rings. The predicted octanol–water partition coefficient (Wildman–Crippen LogP) is 1.96. The van der Waals surface area contributed by atoms with Crippen LogP contribution in [0.1, 0.15) is 30.9 Å². The van der Waals surface area contributed by atoms with Gasteiger partial charge in [-0.05, 0) is 44.4 Å². The average Bonchev–Trinajstić information content (AvgIpc) is 2.39. The number of aryl methyl sites for hydroxylation is 1. The van der Waals surface area contributed by atoms with Crippen molar-refractivity contribution in [3.05, 3.63) is 29.3 Å². The molecule has 0 spiro atoms. The standard InChI is InChI=1S/C15H19N3O/c1-10-3-5-12(8-16)14(7-10)18-9-13(15(17)19)6-4-11(18)2/h3,5,7,11,13H,4,6,9H2,1-2H3,(H2,17,19). The molecule has 4 nitrogen and oxygen atoms in total. The highest BCUT2D eigenvalue weighted by atomic mass is 16.1. The third-order valence-corrected chi connectivity index (χ3v) is 3.87. The number of carbonyl (C=O) groups excluding carboxylic acids is 1. The molecule has 0 bridgehead atoms. The van der Waals surface area contributed by atoms with Crippen molar-refractivity contribution >= 4 is 11.6 Å². The highest BCUT2D eigenvalue weighted by molar-refractivity contribution is 5.78. The first-order valence-corrected chi connectivity index (χ1v) is 6.59. The zero-order valence-corrected chi connectivity index (χ0v) is 11.4. The molecule has 1 heterocycles. The summed E-state index contributed by atoms with van der Waals surface area (Å²) in [6.45, 7) is 4.74. The van der Waals surface area contributed by atoms with Gasteiger partial charge in [0.1, 0.15) is 6.07 Å². The first-order valence-electron chi connectivity index (χ1n) is 6.59. The van der Waals surface area contributed by atoms with E-state index >= 15 is 0 Å². The summed E-state index contributed by atoms with van der Waals surface area (Å²) in [5.41, 5.74) is 8.11. The molecule has 0 radical (unpaired) electrons. The third-order valence-electron chi connectivity index (χ3n) is 3.87. The van der Waals surface area contributed by atoms with Crippen LogP contribution in [0.15, 0.2) is 18.2 Å². The molecule has 0 aromatic heterocycles. The Kier molecular flexibility index (Phi) is 3.75. The topological polar surface area (TPSA) is 70.1 Å². The molecule has 1 fully saturated rings. The third kappa shape index (κ3) is 2.70. The van der Waals surface area contributed by atoms with Gasteiger partial charge in [0.15, 0.2) is 0 Å². The molecule has 2 unspecified atom stereocenters. The zero-order chi connectivity index (χ0) is 14.0. The Morgan fingerprint density at radius 2 is 2.21 bits per heavy atom. The summed E-state index contributed by atoms with van der Waals surface area (Å²) >= 11 is 0. The number of primary amides is 1. The van der Waals surface area contributed by atoms with Crippen LogP contribution >= 0.6 is 0 Å². The molecule has 2 rings (SSSR count). The second-order valence-electron chi connectivity index (χ2n) is 5.31. The van der Waals surface area contributed by atoms with Gasteiger partial charge >= 0.3 is 0 Å². The van der Waals surface area contributed by atoms with Crippen LogP contribution in [-0.2, 0) is 4.79 Å². The van der Waals surface area contributed by atoms with E-state index in [-0.39, 0.29) is 11.8 Å². The Labute approximate surface area is 113 Å². The van der Waals surface area contributed by atoms with Crippen LogP contribution < -0.4 is 10.6 Å². The van der Waals surface area contributed by atoms with Crippen LogP contribution in [0, 0.1) is 24.2 Å². The van der Waals surface area contributed by atoms with E-state index in [2.05, 4.69) is 17.9 Å². The number of nitrogens with zero attached hydrogens (tertiary/aromatic N) is 2. The Morgan fingerprint density at radius 1 is 1.47 bits per heavy atom. The highest BCUT2D eigenvalue weighted by Gasteiger charge is 2.29. The number of benzene rings is 1. The normalized spacial score (nSPS) is 22.9. The maximum Gasteiger partial charge on any atom is 0.222 e. The van der Waals surface area contributed by atoms with Crippen molar-refractivity contribution in [2.24, 2.45) is 11.7 Å². The molecule has 19 heavy (non-hydrogen) atoms. The molecule has 1 aliphatic heterocycles. The summed E-state index contributed by atoms with van der Waals surface area (Å²) in [6.07, 6.45) is 1.76. The Morgan fingerprint density at radius 3 is 2.84 bits per heavy atom. The van der Waals surface area contributed by atoms with Crippen molar-refractivity contribution in [2.45, 2.75) is 32.7 Å². The van der Waals surface area contributed by atoms with Crippen molar-refractivity contribution in [2.75, 3.05) is 11.4 Å². The van der Waals surface area contributed by atoms with E-state index in [1.807, 2.05) is 25.1 Å². The van der Waals surface area contributed by atoms with Gasteiger partial charge in [0.25, 0.3) is 0 Å². The van der Waals surface area contributed by atoms with Gasteiger partial charge < -0.3 is 10.6 Å². The van der Waals surface area contributed by atoms with Gasteiger partial charge in [0, 0.05) is 12.6 Å². The predicted molar refractivity (Wildman–Crippen MR) is 74.6 cm³/mol. The van der Waals surface area contributed by atoms with Crippen LogP contribution in [-0.4, -0.2) is 18.5 Å². The summed E-state index contributed by atoms with van der Waals surface area (Å²) in [4.78, 5) is 13.5. The van der Waals surface area contributed by atoms with Crippen molar-refractivity contribution in [1.82, 2.24) is 0 Å². The minimum atomic E-state index is -0.247. The molecular weight excluding hydrogens is 238 g/mol. The number of hydrogen-bond donors (Lipinski definition) is 1. The number of amides is 1. The van der Waals surface area contributed by atoms with Crippen LogP contribution in [0.4, 0.5) is 5.69 Å². The van der Waals surface area contributed by atoms with E-state index in [1.165, 1.54) is 0 Å². The van der Waals surface area contributed by atoms with Crippen molar-refractivity contribution in [3.63, 3.8) is 0 Å². The number of piperidine rings is 1. The van der Waals surface area contributed by atoms with E-state index in [0.717, 1.165) is 24.1 Å². The first kappa shape index (κ1) is 13.4. The smallest absolute Gasteiger partial charge is 0.222 e. The lowest BCUT2D eigenvalue weighted by Crippen LogP contribution is -2.46. The van der Waals surface area contributed by atoms with Crippen LogP contribution in [0.2, 0.25) is 0 Å². The van der Waals surface area contributed by atoms with Crippen LogP contribution in [0.3, 0.4) is 0 Å². The van der Waals surface area contributed by atoms with Crippen molar-refractivity contribution < 1.29 is 4.79 Å². The summed E-state index contributed by atoms with van der Waals surface area (Å²) in [6, 6.07) is 8.33. The molecule has 1 aromatic rings. The highest BCUT2D eigenvalue weighted by Crippen LogP contribution is 2.30. The minimum Gasteiger partial charge on any atom is -0.369 e. The Hall–Kier alpha value is -2.02. The monoisotopic (exact) mass is 257 g/mol. The van der Waals surface area contributed by atoms with E-state index in [9.17, 15) is 10.1 Å². The number of rotatable bonds is 2. The van der Waals surface area contributed by atoms with Crippen molar-refractivity contribution in [3.8, 4) is 6.07 Å². The molecular formula is C15H19N3O. The molecule has 2 atom stereocenters. The lowest BCUT2D eigenvalue weighted by atomic mass is 9.91. The number of hydrogen-bond acceptors (Lipinski definition) is 3. The molecule has 0 saturated carbocycles. The fourth-order valence-electron chi connectivity index (χ4n) is 2.65. The van der Waals surface area contributed by atoms with Gasteiger partial charge in [0.05, 0.1) is 17.2 Å². The maximum absolute atomic E-state index is 11.4. The molecule has 0 aliphatic carbocycles. The molecule has 1 saturated heterocycles. The van der Waals surface area contributed by atoms with Gasteiger partial charge in [-0.15, -0.1) is 0 Å². The first-order chi connectivity index (χ1) is 9.02. The van der Waals surface area contributed by atoms with Crippen molar-refractivity contribution in [1.29, 1.82) is 5.26 Å². The molecule has 100 valence electrons. The van der Waals surface area contributed by atoms with Gasteiger partial charge in [-0.3, -0.25) is 4.79 Å². The molecule has 4 heteroatoms. The minimum absolute atomic E-state index is 0.122. The SMILES string of the molecule is Cc1ccc(C#N)c(N2CC(C(N)=O)CCC2C)c1. The van der Waals surface area contributed by atoms with Gasteiger partial charge in [-0.1, -0.05) is 6.07 Å². The second kappa shape index (κ2) is 5.31. The molecule has 1 amide bonds.